The van der Waals surface area contributed by atoms with Crippen molar-refractivity contribution in [3.8, 4) is 0 Å². The summed E-state index contributed by atoms with van der Waals surface area (Å²) in [5.74, 6) is 0. The van der Waals surface area contributed by atoms with Crippen LogP contribution in [0.4, 0.5) is 119 Å². The average molecular weight is 1300 g/mol. The molecule has 102 heavy (non-hydrogen) atoms. The smallest absolute Gasteiger partial charge is 0.252 e. The number of anilines is 21. The highest BCUT2D eigenvalue weighted by molar-refractivity contribution is 7.03. The van der Waals surface area contributed by atoms with Crippen LogP contribution in [0.25, 0.3) is 0 Å². The quantitative estimate of drug-likeness (QED) is 0.119. The van der Waals surface area contributed by atoms with Crippen molar-refractivity contribution in [2.24, 2.45) is 0 Å². The Morgan fingerprint density at radius 1 is 0.206 bits per heavy atom. The van der Waals surface area contributed by atoms with E-state index in [1.165, 1.54) is 49.6 Å². The molecular weight excluding hydrogens is 1240 g/mol. The van der Waals surface area contributed by atoms with Gasteiger partial charge in [0.25, 0.3) is 13.4 Å². The summed E-state index contributed by atoms with van der Waals surface area (Å²) in [5.41, 5.74) is 32.7. The molecule has 0 amide bonds. The minimum absolute atomic E-state index is 0.205. The van der Waals surface area contributed by atoms with Gasteiger partial charge in [0.2, 0.25) is 0 Å². The normalized spacial score (nSPS) is 13.7. The van der Waals surface area contributed by atoms with Crippen molar-refractivity contribution in [3.63, 3.8) is 0 Å². The molecule has 0 fully saturated rings. The number of fused-ring (bicyclic) bond motifs is 10. The number of para-hydroxylation sites is 11. The van der Waals surface area contributed by atoms with E-state index in [1.807, 2.05) is 0 Å². The zero-order valence-electron chi connectivity index (χ0n) is 56.5. The van der Waals surface area contributed by atoms with Gasteiger partial charge in [-0.15, -0.1) is 0 Å². The molecule has 0 unspecified atom stereocenters. The number of rotatable bonds is 11. The Bertz CT molecular complexity index is 5640. The van der Waals surface area contributed by atoms with Crippen molar-refractivity contribution in [2.45, 2.75) is 19.3 Å². The molecule has 5 aliphatic heterocycles. The Kier molecular flexibility index (Phi) is 13.7. The van der Waals surface area contributed by atoms with Crippen molar-refractivity contribution in [3.05, 3.63) is 381 Å². The van der Waals surface area contributed by atoms with Gasteiger partial charge in [0.05, 0.1) is 22.7 Å². The fourth-order valence-electron chi connectivity index (χ4n) is 17.3. The zero-order chi connectivity index (χ0) is 67.6. The van der Waals surface area contributed by atoms with Crippen molar-refractivity contribution >= 4 is 166 Å². The Balaban J connectivity index is 0.933. The third-order valence-electron chi connectivity index (χ3n) is 21.6. The van der Waals surface area contributed by atoms with Gasteiger partial charge >= 0.3 is 0 Å². The lowest BCUT2D eigenvalue weighted by atomic mass is 9.30. The highest BCUT2D eigenvalue weighted by Gasteiger charge is 2.50. The summed E-state index contributed by atoms with van der Waals surface area (Å²) in [5, 5.41) is 0. The van der Waals surface area contributed by atoms with Crippen LogP contribution in [0.3, 0.4) is 0 Å². The van der Waals surface area contributed by atoms with E-state index in [9.17, 15) is 0 Å². The fraction of sp³-hybridized carbons (Fsp3) is 0.0323. The van der Waals surface area contributed by atoms with Crippen LogP contribution in [0, 0.1) is 0 Å². The van der Waals surface area contributed by atoms with E-state index >= 15 is 0 Å². The van der Waals surface area contributed by atoms with Gasteiger partial charge in [0.15, 0.2) is 0 Å². The summed E-state index contributed by atoms with van der Waals surface area (Å²) in [6.45, 7) is 4.39. The minimum atomic E-state index is -0.408. The summed E-state index contributed by atoms with van der Waals surface area (Å²) in [6, 6.07) is 137. The summed E-state index contributed by atoms with van der Waals surface area (Å²) in [6.07, 6.45) is 0. The van der Waals surface area contributed by atoms with E-state index in [-0.39, 0.29) is 13.4 Å². The SMILES string of the molecule is CC1(C)c2ccccc2N(c2ccccc2)c2cc3c(cc21)B1c2cc4c(cc2N(c2ccccc2)c2cc(N(c5ccccc5)c5ccccc5)cc(c21)N3c1ccccc1)N(c1ccccc1)c1cc(N(c2ccccc2)c2ccccc2)cc2c1B4c1ccccc1N2c1ccccc1. The molecule has 15 aromatic rings. The maximum atomic E-state index is 2.67. The molecule has 0 bridgehead atoms. The Morgan fingerprint density at radius 2 is 0.480 bits per heavy atom. The molecule has 9 heteroatoms. The molecule has 0 aromatic heterocycles. The van der Waals surface area contributed by atoms with E-state index in [2.05, 4.69) is 418 Å². The Labute approximate surface area is 596 Å². The van der Waals surface area contributed by atoms with Gasteiger partial charge in [-0.05, 0) is 202 Å². The molecule has 5 heterocycles. The van der Waals surface area contributed by atoms with Crippen LogP contribution in [-0.4, -0.2) is 13.4 Å². The van der Waals surface area contributed by atoms with E-state index in [0.29, 0.717) is 0 Å². The van der Waals surface area contributed by atoms with E-state index < -0.39 is 5.41 Å². The lowest BCUT2D eigenvalue weighted by molar-refractivity contribution is 0.632. The van der Waals surface area contributed by atoms with Crippen LogP contribution in [0.5, 0.6) is 0 Å². The average Bonchev–Trinajstić information content (AvgIpc) is 0.681. The first-order valence-corrected chi connectivity index (χ1v) is 35.4. The number of hydrogen-bond acceptors (Lipinski definition) is 7. The molecule has 0 saturated carbocycles. The first-order valence-electron chi connectivity index (χ1n) is 35.4. The molecule has 0 aliphatic carbocycles. The minimum Gasteiger partial charge on any atom is -0.311 e. The van der Waals surface area contributed by atoms with Gasteiger partial charge in [-0.25, -0.2) is 0 Å². The number of hydrogen-bond donors (Lipinski definition) is 0. The predicted octanol–water partition coefficient (Wildman–Crippen LogP) is 20.9. The highest BCUT2D eigenvalue weighted by Crippen LogP contribution is 2.57. The van der Waals surface area contributed by atoms with Crippen molar-refractivity contribution in [1.82, 2.24) is 0 Å². The lowest BCUT2D eigenvalue weighted by Crippen LogP contribution is -2.65. The maximum Gasteiger partial charge on any atom is 0.252 e. The second-order valence-corrected chi connectivity index (χ2v) is 27.6. The van der Waals surface area contributed by atoms with Gasteiger partial charge in [0, 0.05) is 102 Å². The number of benzene rings is 15. The molecule has 480 valence electrons. The predicted molar refractivity (Wildman–Crippen MR) is 431 cm³/mol. The largest absolute Gasteiger partial charge is 0.311 e. The summed E-state index contributed by atoms with van der Waals surface area (Å²) in [7, 11) is 0. The molecule has 0 spiro atoms. The highest BCUT2D eigenvalue weighted by atomic mass is 15.2. The van der Waals surface area contributed by atoms with E-state index in [1.54, 1.807) is 0 Å². The van der Waals surface area contributed by atoms with Crippen molar-refractivity contribution in [2.75, 3.05) is 34.3 Å². The van der Waals surface area contributed by atoms with Crippen LogP contribution in [-0.2, 0) is 5.41 Å². The van der Waals surface area contributed by atoms with Gasteiger partial charge in [0.1, 0.15) is 0 Å². The van der Waals surface area contributed by atoms with Crippen LogP contribution >= 0.6 is 0 Å². The van der Waals surface area contributed by atoms with Gasteiger partial charge in [-0.2, -0.15) is 0 Å². The fourth-order valence-corrected chi connectivity index (χ4v) is 17.3. The topological polar surface area (TPSA) is 22.7 Å². The molecule has 15 aromatic carbocycles. The molecule has 7 nitrogen and oxygen atoms in total. The Morgan fingerprint density at radius 3 is 0.853 bits per heavy atom. The molecule has 5 aliphatic rings. The molecule has 0 atom stereocenters. The van der Waals surface area contributed by atoms with Crippen LogP contribution in [0.2, 0.25) is 0 Å². The van der Waals surface area contributed by atoms with Crippen LogP contribution < -0.4 is 67.1 Å². The summed E-state index contributed by atoms with van der Waals surface area (Å²) < 4.78 is 0. The molecule has 0 radical (unpaired) electrons. The second kappa shape index (κ2) is 23.6. The van der Waals surface area contributed by atoms with Crippen LogP contribution in [0.1, 0.15) is 25.0 Å². The Hall–Kier alpha value is -13.0. The molecular formula is C93H67B2N7. The first kappa shape index (κ1) is 59.1. The lowest BCUT2D eigenvalue weighted by Gasteiger charge is -2.49. The monoisotopic (exact) mass is 1300 g/mol. The van der Waals surface area contributed by atoms with Gasteiger partial charge < -0.3 is 34.3 Å². The molecule has 0 saturated heterocycles. The van der Waals surface area contributed by atoms with Crippen molar-refractivity contribution < 1.29 is 0 Å². The van der Waals surface area contributed by atoms with Gasteiger partial charge in [-0.1, -0.05) is 226 Å². The van der Waals surface area contributed by atoms with Crippen molar-refractivity contribution in [1.29, 1.82) is 0 Å². The summed E-state index contributed by atoms with van der Waals surface area (Å²) in [4.78, 5) is 17.7. The maximum absolute atomic E-state index is 2.67. The zero-order valence-corrected chi connectivity index (χ0v) is 56.5. The van der Waals surface area contributed by atoms with Crippen LogP contribution in [0.15, 0.2) is 370 Å². The summed E-state index contributed by atoms with van der Waals surface area (Å²) >= 11 is 0. The van der Waals surface area contributed by atoms with Gasteiger partial charge in [-0.3, -0.25) is 0 Å². The molecule has 0 N–H and O–H groups in total. The van der Waals surface area contributed by atoms with E-state index in [4.69, 9.17) is 0 Å². The first-order chi connectivity index (χ1) is 50.4. The second-order valence-electron chi connectivity index (χ2n) is 27.6. The standard InChI is InChI=1S/C93H67B2N7/c1-93(2)75-52-30-32-54-81(75)98(68-42-20-7-21-43-68)83-62-84-78(60-76(83)93)95-80-61-79-85(63-86(80)102(72-50-28-11-29-51-72)90-59-74(58-89(92(90)95)100(84)70-46-24-9-25-47-70)97(66-38-16-5-17-39-66)67-40-18-6-19-41-67)101(71-48-26-10-27-49-71)88-57-73(96(64-34-12-3-13-35-64)65-36-14-4-15-37-65)56-87-91(88)94(79)77-53-31-33-55-82(77)99(87)69-44-22-8-23-45-69/h3-63H,1-2H3. The van der Waals surface area contributed by atoms with E-state index in [0.717, 1.165) is 114 Å². The molecule has 20 rings (SSSR count). The third kappa shape index (κ3) is 9.17. The third-order valence-corrected chi connectivity index (χ3v) is 21.6. The number of nitrogens with zero attached hydrogens (tertiary/aromatic N) is 7.